The first-order valence-corrected chi connectivity index (χ1v) is 21.7. The van der Waals surface area contributed by atoms with Gasteiger partial charge in [0, 0.05) is 62.1 Å². The number of methoxy groups -OCH3 is 2. The predicted octanol–water partition coefficient (Wildman–Crippen LogP) is 10.4. The van der Waals surface area contributed by atoms with Gasteiger partial charge in [0.1, 0.15) is 17.2 Å². The number of Topliss-reactive ketones (excluding diaryl/α,β-unsaturated/α-hetero) is 2. The molecular weight excluding hydrogens is 934 g/mol. The third-order valence-electron chi connectivity index (χ3n) is 9.41. The number of amides is 4. The molecule has 2 unspecified atom stereocenters. The van der Waals surface area contributed by atoms with E-state index >= 15 is 0 Å². The fraction of sp³-hybridized carbons (Fsp3) is 0.217. The van der Waals surface area contributed by atoms with Crippen LogP contribution in [0.25, 0.3) is 0 Å². The zero-order chi connectivity index (χ0) is 47.9. The number of ketones is 2. The van der Waals surface area contributed by atoms with Gasteiger partial charge >= 0.3 is 0 Å². The van der Waals surface area contributed by atoms with E-state index in [0.29, 0.717) is 36.0 Å². The summed E-state index contributed by atoms with van der Waals surface area (Å²) in [4.78, 5) is 78.9. The second kappa shape index (κ2) is 24.0. The van der Waals surface area contributed by atoms with E-state index in [1.807, 2.05) is 24.3 Å². The molecule has 5 rings (SSSR count). The highest BCUT2D eigenvalue weighted by Crippen LogP contribution is 2.39. The number of ether oxygens (including phenoxy) is 2. The van der Waals surface area contributed by atoms with Crippen LogP contribution in [-0.4, -0.2) is 73.3 Å². The lowest BCUT2D eigenvalue weighted by Crippen LogP contribution is -2.32. The van der Waals surface area contributed by atoms with E-state index in [1.165, 1.54) is 62.8 Å². The van der Waals surface area contributed by atoms with Crippen LogP contribution in [-0.2, 0) is 32.0 Å². The molecule has 0 radical (unpaired) electrons. The number of rotatable bonds is 20. The Labute approximate surface area is 399 Å². The van der Waals surface area contributed by atoms with Gasteiger partial charge in [0.15, 0.2) is 11.6 Å². The minimum Gasteiger partial charge on any atom is -0.494 e. The van der Waals surface area contributed by atoms with Crippen LogP contribution < -0.4 is 30.7 Å². The first-order valence-electron chi connectivity index (χ1n) is 19.9. The molecule has 4 amide bonds. The lowest BCUT2D eigenvalue weighted by atomic mass is 10.1. The molecular formula is C46H42Cl4N8O8. The molecule has 20 heteroatoms. The molecule has 0 aliphatic heterocycles. The molecule has 0 fully saturated rings. The maximum Gasteiger partial charge on any atom is 0.259 e. The average Bonchev–Trinajstić information content (AvgIpc) is 3.27. The van der Waals surface area contributed by atoms with E-state index in [1.54, 1.807) is 24.3 Å². The van der Waals surface area contributed by atoms with Crippen LogP contribution in [0, 0.1) is 0 Å². The van der Waals surface area contributed by atoms with Gasteiger partial charge in [-0.2, -0.15) is 20.5 Å². The minimum atomic E-state index is -1.68. The number of para-hydroxylation sites is 2. The Hall–Kier alpha value is -6.72. The van der Waals surface area contributed by atoms with Crippen molar-refractivity contribution < 1.29 is 38.2 Å². The maximum atomic E-state index is 13.6. The van der Waals surface area contributed by atoms with Crippen LogP contribution in [0.4, 0.5) is 34.1 Å². The second-order valence-corrected chi connectivity index (χ2v) is 15.8. The fourth-order valence-corrected chi connectivity index (χ4v) is 7.10. The first kappa shape index (κ1) is 50.3. The van der Waals surface area contributed by atoms with E-state index in [-0.39, 0.29) is 55.4 Å². The van der Waals surface area contributed by atoms with E-state index in [0.717, 1.165) is 25.0 Å². The monoisotopic (exact) mass is 974 g/mol. The lowest BCUT2D eigenvalue weighted by Gasteiger charge is -2.18. The van der Waals surface area contributed by atoms with Crippen LogP contribution in [0.15, 0.2) is 118 Å². The Balaban J connectivity index is 1.31. The van der Waals surface area contributed by atoms with Crippen molar-refractivity contribution in [1.29, 1.82) is 0 Å². The van der Waals surface area contributed by atoms with E-state index in [9.17, 15) is 28.8 Å². The van der Waals surface area contributed by atoms with Gasteiger partial charge in [-0.3, -0.25) is 28.8 Å². The molecule has 0 aliphatic rings. The van der Waals surface area contributed by atoms with E-state index in [2.05, 4.69) is 41.7 Å². The molecule has 5 aromatic carbocycles. The molecule has 2 atom stereocenters. The Morgan fingerprint density at radius 1 is 0.561 bits per heavy atom. The summed E-state index contributed by atoms with van der Waals surface area (Å²) in [5, 5.41) is 27.2. The number of alkyl halides is 2. The van der Waals surface area contributed by atoms with Crippen LogP contribution >= 0.6 is 46.4 Å². The van der Waals surface area contributed by atoms with E-state index < -0.39 is 47.3 Å². The van der Waals surface area contributed by atoms with Gasteiger partial charge in [-0.25, -0.2) is 0 Å². The second-order valence-electron chi connectivity index (χ2n) is 14.2. The van der Waals surface area contributed by atoms with Crippen molar-refractivity contribution in [3.63, 3.8) is 0 Å². The molecule has 5 aromatic rings. The SMILES string of the molecule is COc1cc(NC(=O)C(N=Nc2cc(Cl)cc(C(=O)Nc3ccccc3CCCl)c2)C(C)=O)cc(OC)c1NC(=O)C(N=Nc1cc(Cl)cc(C(=O)Nc2ccccc2CCCl)c1)C(C)=O. The zero-order valence-corrected chi connectivity index (χ0v) is 38.8. The standard InChI is InChI=1S/C46H42Cl4N8O8/c1-25(59)40(57-55-34-19-29(17-31(49)21-34)43(61)52-36-11-7-5-9-27(36)13-15-47)45(63)51-33-23-38(65-3)42(39(24-33)66-4)54-46(64)41(26(2)60)58-56-35-20-30(18-32(50)22-35)44(62)53-37-12-8-6-10-28(37)14-16-48/h5-12,17-24,40-41H,13-16H2,1-4H3,(H,51,63)(H,52,61)(H,53,62)(H,54,64). The van der Waals surface area contributed by atoms with Crippen molar-refractivity contribution in [3.8, 4) is 11.5 Å². The molecule has 0 aliphatic carbocycles. The summed E-state index contributed by atoms with van der Waals surface area (Å²) in [5.41, 5.74) is 3.29. The Morgan fingerprint density at radius 2 is 0.970 bits per heavy atom. The maximum absolute atomic E-state index is 13.6. The smallest absolute Gasteiger partial charge is 0.259 e. The Bertz CT molecular complexity index is 2690. The quantitative estimate of drug-likeness (QED) is 0.0333. The topological polar surface area (TPSA) is 218 Å². The zero-order valence-electron chi connectivity index (χ0n) is 35.8. The molecule has 0 bridgehead atoms. The number of carbonyl (C=O) groups excluding carboxylic acids is 6. The normalized spacial score (nSPS) is 12.0. The van der Waals surface area contributed by atoms with Crippen LogP contribution in [0.3, 0.4) is 0 Å². The minimum absolute atomic E-state index is 0.0219. The number of hydrogen-bond donors (Lipinski definition) is 4. The van der Waals surface area contributed by atoms with Crippen LogP contribution in [0.1, 0.15) is 45.7 Å². The number of aryl methyl sites for hydroxylation is 2. The third kappa shape index (κ3) is 13.7. The summed E-state index contributed by atoms with van der Waals surface area (Å²) in [6.45, 7) is 2.29. The number of anilines is 4. The van der Waals surface area contributed by atoms with Crippen molar-refractivity contribution >= 4 is 116 Å². The molecule has 0 aromatic heterocycles. The first-order chi connectivity index (χ1) is 31.6. The van der Waals surface area contributed by atoms with Crippen molar-refractivity contribution in [3.05, 3.63) is 129 Å². The number of hydrogen-bond acceptors (Lipinski definition) is 12. The number of nitrogens with zero attached hydrogens (tertiary/aromatic N) is 4. The summed E-state index contributed by atoms with van der Waals surface area (Å²) in [6.07, 6.45) is 1.06. The number of carbonyl (C=O) groups is 6. The summed E-state index contributed by atoms with van der Waals surface area (Å²) >= 11 is 24.5. The van der Waals surface area contributed by atoms with Gasteiger partial charge < -0.3 is 30.7 Å². The van der Waals surface area contributed by atoms with Crippen molar-refractivity contribution in [2.75, 3.05) is 47.2 Å². The molecule has 0 saturated heterocycles. The highest BCUT2D eigenvalue weighted by atomic mass is 35.5. The molecule has 0 saturated carbocycles. The van der Waals surface area contributed by atoms with Gasteiger partial charge in [0.25, 0.3) is 23.6 Å². The number of azo groups is 2. The summed E-state index contributed by atoms with van der Waals surface area (Å²) in [6, 6.07) is 22.1. The van der Waals surface area contributed by atoms with Crippen molar-refractivity contribution in [1.82, 2.24) is 0 Å². The number of benzene rings is 5. The van der Waals surface area contributed by atoms with Crippen LogP contribution in [0.2, 0.25) is 10.0 Å². The van der Waals surface area contributed by atoms with Gasteiger partial charge in [0.05, 0.1) is 25.6 Å². The molecule has 342 valence electrons. The molecule has 16 nitrogen and oxygen atoms in total. The molecule has 0 heterocycles. The largest absolute Gasteiger partial charge is 0.494 e. The third-order valence-corrected chi connectivity index (χ3v) is 10.2. The number of halogens is 4. The predicted molar refractivity (Wildman–Crippen MR) is 255 cm³/mol. The fourth-order valence-electron chi connectivity index (χ4n) is 6.23. The van der Waals surface area contributed by atoms with Crippen molar-refractivity contribution in [2.24, 2.45) is 20.5 Å². The van der Waals surface area contributed by atoms with E-state index in [4.69, 9.17) is 55.9 Å². The highest BCUT2D eigenvalue weighted by molar-refractivity contribution is 6.32. The summed E-state index contributed by atoms with van der Waals surface area (Å²) < 4.78 is 11.0. The average molecular weight is 977 g/mol. The van der Waals surface area contributed by atoms with Gasteiger partial charge in [0.2, 0.25) is 12.1 Å². The molecule has 0 spiro atoms. The van der Waals surface area contributed by atoms with Gasteiger partial charge in [-0.05, 0) is 86.3 Å². The molecule has 66 heavy (non-hydrogen) atoms. The Morgan fingerprint density at radius 3 is 1.36 bits per heavy atom. The van der Waals surface area contributed by atoms with Crippen molar-refractivity contribution in [2.45, 2.75) is 38.8 Å². The van der Waals surface area contributed by atoms with Gasteiger partial charge in [-0.1, -0.05) is 59.6 Å². The van der Waals surface area contributed by atoms with Gasteiger partial charge in [-0.15, -0.1) is 23.2 Å². The highest BCUT2D eigenvalue weighted by Gasteiger charge is 2.28. The molecule has 4 N–H and O–H groups in total. The Kier molecular flexibility index (Phi) is 18.3. The number of nitrogens with one attached hydrogen (secondary N) is 4. The lowest BCUT2D eigenvalue weighted by molar-refractivity contribution is -0.127. The summed E-state index contributed by atoms with van der Waals surface area (Å²) in [7, 11) is 2.57. The van der Waals surface area contributed by atoms with Crippen LogP contribution in [0.5, 0.6) is 11.5 Å². The summed E-state index contributed by atoms with van der Waals surface area (Å²) in [5.74, 6) is -3.48.